The number of methoxy groups -OCH3 is 1. The van der Waals surface area contributed by atoms with E-state index in [-0.39, 0.29) is 17.9 Å². The van der Waals surface area contributed by atoms with Gasteiger partial charge in [0.1, 0.15) is 5.75 Å². The maximum Gasteiger partial charge on any atom is 0.242 e. The zero-order valence-electron chi connectivity index (χ0n) is 13.8. The van der Waals surface area contributed by atoms with Crippen LogP contribution in [0.1, 0.15) is 33.1 Å². The first kappa shape index (κ1) is 16.6. The number of likely N-dealkylation sites (tertiary alicyclic amines) is 1. The summed E-state index contributed by atoms with van der Waals surface area (Å²) in [7, 11) is 1.58. The average Bonchev–Trinajstić information content (AvgIpc) is 2.50. The Morgan fingerprint density at radius 2 is 1.95 bits per heavy atom. The molecule has 3 N–H and O–H groups in total. The van der Waals surface area contributed by atoms with Gasteiger partial charge in [0.05, 0.1) is 18.8 Å². The molecule has 5 heteroatoms. The van der Waals surface area contributed by atoms with Crippen LogP contribution in [-0.4, -0.2) is 37.0 Å². The second-order valence-electron chi connectivity index (χ2n) is 6.23. The van der Waals surface area contributed by atoms with Crippen LogP contribution in [-0.2, 0) is 4.79 Å². The van der Waals surface area contributed by atoms with Gasteiger partial charge in [0.15, 0.2) is 0 Å². The summed E-state index contributed by atoms with van der Waals surface area (Å²) in [5, 5.41) is 3.01. The van der Waals surface area contributed by atoms with Crippen LogP contribution in [0.15, 0.2) is 18.2 Å². The van der Waals surface area contributed by atoms with Crippen molar-refractivity contribution in [1.29, 1.82) is 0 Å². The molecule has 0 bridgehead atoms. The predicted octanol–water partition coefficient (Wildman–Crippen LogP) is 2.73. The maximum atomic E-state index is 12.8. The van der Waals surface area contributed by atoms with Crippen molar-refractivity contribution in [3.8, 4) is 5.75 Å². The molecule has 1 heterocycles. The Hall–Kier alpha value is -1.75. The van der Waals surface area contributed by atoms with Crippen molar-refractivity contribution < 1.29 is 9.53 Å². The summed E-state index contributed by atoms with van der Waals surface area (Å²) in [6.45, 7) is 6.18. The van der Waals surface area contributed by atoms with Gasteiger partial charge in [0, 0.05) is 11.8 Å². The van der Waals surface area contributed by atoms with Gasteiger partial charge in [0.2, 0.25) is 5.91 Å². The molecule has 1 aromatic rings. The Kier molecular flexibility index (Phi) is 5.66. The number of amides is 1. The van der Waals surface area contributed by atoms with E-state index in [1.807, 2.05) is 0 Å². The fourth-order valence-electron chi connectivity index (χ4n) is 3.10. The smallest absolute Gasteiger partial charge is 0.242 e. The topological polar surface area (TPSA) is 67.6 Å². The number of nitrogens with one attached hydrogen (secondary N) is 1. The normalized spacial score (nSPS) is 17.3. The molecule has 1 saturated heterocycles. The lowest BCUT2D eigenvalue weighted by Crippen LogP contribution is -2.49. The Bertz CT molecular complexity index is 511. The van der Waals surface area contributed by atoms with Gasteiger partial charge in [-0.3, -0.25) is 9.69 Å². The Morgan fingerprint density at radius 1 is 1.27 bits per heavy atom. The molecule has 1 unspecified atom stereocenters. The second kappa shape index (κ2) is 7.49. The first-order valence-corrected chi connectivity index (χ1v) is 8.01. The molecule has 1 fully saturated rings. The summed E-state index contributed by atoms with van der Waals surface area (Å²) >= 11 is 0. The van der Waals surface area contributed by atoms with Crippen LogP contribution in [0.3, 0.4) is 0 Å². The van der Waals surface area contributed by atoms with Gasteiger partial charge < -0.3 is 15.8 Å². The number of benzene rings is 1. The molecule has 2 rings (SSSR count). The lowest BCUT2D eigenvalue weighted by atomic mass is 9.98. The van der Waals surface area contributed by atoms with E-state index in [4.69, 9.17) is 10.5 Å². The Labute approximate surface area is 132 Å². The van der Waals surface area contributed by atoms with Crippen LogP contribution >= 0.6 is 0 Å². The van der Waals surface area contributed by atoms with Gasteiger partial charge in [-0.05, 0) is 44.0 Å². The Balaban J connectivity index is 2.14. The van der Waals surface area contributed by atoms with Crippen LogP contribution in [0, 0.1) is 5.92 Å². The zero-order valence-corrected chi connectivity index (χ0v) is 13.8. The number of hydrogen-bond donors (Lipinski definition) is 2. The summed E-state index contributed by atoms with van der Waals surface area (Å²) in [5.74, 6) is 0.882. The molecular weight excluding hydrogens is 278 g/mol. The van der Waals surface area contributed by atoms with E-state index in [9.17, 15) is 4.79 Å². The predicted molar refractivity (Wildman–Crippen MR) is 90.1 cm³/mol. The molecule has 22 heavy (non-hydrogen) atoms. The van der Waals surface area contributed by atoms with Crippen LogP contribution in [0.4, 0.5) is 11.4 Å². The maximum absolute atomic E-state index is 12.8. The van der Waals surface area contributed by atoms with Crippen LogP contribution in [0.5, 0.6) is 5.75 Å². The highest BCUT2D eigenvalue weighted by atomic mass is 16.5. The van der Waals surface area contributed by atoms with E-state index < -0.39 is 0 Å². The molecule has 0 spiro atoms. The van der Waals surface area contributed by atoms with Gasteiger partial charge in [-0.1, -0.05) is 20.3 Å². The number of nitrogen functional groups attached to an aromatic ring is 1. The van der Waals surface area contributed by atoms with Gasteiger partial charge >= 0.3 is 0 Å². The number of carbonyl (C=O) groups is 1. The highest BCUT2D eigenvalue weighted by Gasteiger charge is 2.30. The van der Waals surface area contributed by atoms with Crippen molar-refractivity contribution in [3.63, 3.8) is 0 Å². The van der Waals surface area contributed by atoms with E-state index in [0.29, 0.717) is 17.1 Å². The summed E-state index contributed by atoms with van der Waals surface area (Å²) in [6.07, 6.45) is 3.60. The minimum atomic E-state index is -0.109. The summed E-state index contributed by atoms with van der Waals surface area (Å²) in [6, 6.07) is 5.17. The number of carbonyl (C=O) groups excluding carboxylic acids is 1. The van der Waals surface area contributed by atoms with Gasteiger partial charge in [-0.15, -0.1) is 0 Å². The quantitative estimate of drug-likeness (QED) is 0.821. The molecule has 1 aliphatic rings. The first-order chi connectivity index (χ1) is 10.5. The molecule has 1 amide bonds. The van der Waals surface area contributed by atoms with E-state index in [1.54, 1.807) is 25.3 Å². The highest BCUT2D eigenvalue weighted by Crippen LogP contribution is 2.28. The van der Waals surface area contributed by atoms with Gasteiger partial charge in [-0.2, -0.15) is 0 Å². The SMILES string of the molecule is COc1cc(N)ccc1NC(=O)C(C(C)C)N1CCCCC1. The fourth-order valence-corrected chi connectivity index (χ4v) is 3.10. The van der Waals surface area contributed by atoms with E-state index in [0.717, 1.165) is 13.1 Å². The van der Waals surface area contributed by atoms with Gasteiger partial charge in [-0.25, -0.2) is 0 Å². The van der Waals surface area contributed by atoms with Crippen LogP contribution in [0.25, 0.3) is 0 Å². The average molecular weight is 305 g/mol. The molecule has 0 aliphatic carbocycles. The molecule has 1 aliphatic heterocycles. The lowest BCUT2D eigenvalue weighted by Gasteiger charge is -2.35. The molecular formula is C17H27N3O2. The van der Waals surface area contributed by atoms with Crippen molar-refractivity contribution in [2.75, 3.05) is 31.2 Å². The number of ether oxygens (including phenoxy) is 1. The van der Waals surface area contributed by atoms with Crippen molar-refractivity contribution in [1.82, 2.24) is 4.90 Å². The third kappa shape index (κ3) is 3.91. The third-order valence-corrected chi connectivity index (χ3v) is 4.17. The number of nitrogens with zero attached hydrogens (tertiary/aromatic N) is 1. The third-order valence-electron chi connectivity index (χ3n) is 4.17. The monoisotopic (exact) mass is 305 g/mol. The molecule has 0 aromatic heterocycles. The molecule has 5 nitrogen and oxygen atoms in total. The number of piperidine rings is 1. The summed E-state index contributed by atoms with van der Waals surface area (Å²) < 4.78 is 5.30. The van der Waals surface area contributed by atoms with E-state index in [1.165, 1.54) is 19.3 Å². The summed E-state index contributed by atoms with van der Waals surface area (Å²) in [4.78, 5) is 15.1. The number of anilines is 2. The van der Waals surface area contributed by atoms with Crippen LogP contribution in [0.2, 0.25) is 0 Å². The lowest BCUT2D eigenvalue weighted by molar-refractivity contribution is -0.123. The molecule has 1 aromatic carbocycles. The minimum absolute atomic E-state index is 0.0278. The molecule has 0 saturated carbocycles. The summed E-state index contributed by atoms with van der Waals surface area (Å²) in [5.41, 5.74) is 7.05. The zero-order chi connectivity index (χ0) is 16.1. The number of hydrogen-bond acceptors (Lipinski definition) is 4. The van der Waals surface area contributed by atoms with Gasteiger partial charge in [0.25, 0.3) is 0 Å². The van der Waals surface area contributed by atoms with E-state index in [2.05, 4.69) is 24.1 Å². The van der Waals surface area contributed by atoms with Crippen molar-refractivity contribution >= 4 is 17.3 Å². The number of rotatable bonds is 5. The number of nitrogens with two attached hydrogens (primary N) is 1. The van der Waals surface area contributed by atoms with Crippen molar-refractivity contribution in [3.05, 3.63) is 18.2 Å². The van der Waals surface area contributed by atoms with Crippen LogP contribution < -0.4 is 15.8 Å². The molecule has 0 radical (unpaired) electrons. The second-order valence-corrected chi connectivity index (χ2v) is 6.23. The largest absolute Gasteiger partial charge is 0.494 e. The van der Waals surface area contributed by atoms with E-state index >= 15 is 0 Å². The minimum Gasteiger partial charge on any atom is -0.494 e. The van der Waals surface area contributed by atoms with Crippen molar-refractivity contribution in [2.45, 2.75) is 39.2 Å². The van der Waals surface area contributed by atoms with Crippen molar-refractivity contribution in [2.24, 2.45) is 5.92 Å². The molecule has 1 atom stereocenters. The Morgan fingerprint density at radius 3 is 2.55 bits per heavy atom. The molecule has 122 valence electrons. The standard InChI is InChI=1S/C17H27N3O2/c1-12(2)16(20-9-5-4-6-10-20)17(21)19-14-8-7-13(18)11-15(14)22-3/h7-8,11-12,16H,4-6,9-10,18H2,1-3H3,(H,19,21). The highest BCUT2D eigenvalue weighted by molar-refractivity contribution is 5.96. The first-order valence-electron chi connectivity index (χ1n) is 8.01. The fraction of sp³-hybridized carbons (Fsp3) is 0.588.